The number of anilines is 1. The molecule has 0 spiro atoms. The Morgan fingerprint density at radius 1 is 1.16 bits per heavy atom. The number of aromatic nitrogens is 1. The van der Waals surface area contributed by atoms with Gasteiger partial charge in [0.1, 0.15) is 0 Å². The topological polar surface area (TPSA) is 66.6 Å². The highest BCUT2D eigenvalue weighted by Crippen LogP contribution is 2.52. The Labute approximate surface area is 114 Å². The molecule has 0 unspecified atom stereocenters. The molecule has 1 aromatic carbocycles. The van der Waals surface area contributed by atoms with Crippen molar-refractivity contribution in [3.63, 3.8) is 0 Å². The minimum atomic E-state index is 0.576. The molecule has 1 heterocycles. The fourth-order valence-electron chi connectivity index (χ4n) is 2.46. The molecule has 0 bridgehead atoms. The number of hydrogen-bond acceptors (Lipinski definition) is 6. The number of nitrogens with two attached hydrogens (primary N) is 1. The molecule has 3 rings (SSSR count). The van der Waals surface area contributed by atoms with E-state index in [0.29, 0.717) is 22.4 Å². The molecule has 1 aromatic heterocycles. The van der Waals surface area contributed by atoms with Gasteiger partial charge in [-0.3, -0.25) is 0 Å². The second kappa shape index (κ2) is 4.31. The van der Waals surface area contributed by atoms with E-state index in [1.54, 1.807) is 21.3 Å². The summed E-state index contributed by atoms with van der Waals surface area (Å²) in [5.74, 6) is 1.91. The molecule has 0 saturated heterocycles. The first-order valence-electron chi connectivity index (χ1n) is 5.77. The van der Waals surface area contributed by atoms with Crippen molar-refractivity contribution in [2.45, 2.75) is 6.42 Å². The lowest BCUT2D eigenvalue weighted by molar-refractivity contribution is 0.325. The van der Waals surface area contributed by atoms with Crippen molar-refractivity contribution in [2.24, 2.45) is 0 Å². The summed E-state index contributed by atoms with van der Waals surface area (Å²) >= 11 is 1.51. The summed E-state index contributed by atoms with van der Waals surface area (Å²) in [6.07, 6.45) is 0.802. The SMILES string of the molecule is COc1cc2c(c(OC)c1OC)-c1nc(N)sc1C2. The maximum Gasteiger partial charge on any atom is 0.204 e. The lowest BCUT2D eigenvalue weighted by atomic mass is 10.1. The number of methoxy groups -OCH3 is 3. The van der Waals surface area contributed by atoms with Crippen molar-refractivity contribution >= 4 is 16.5 Å². The Bertz CT molecular complexity index is 652. The average molecular weight is 278 g/mol. The van der Waals surface area contributed by atoms with E-state index in [2.05, 4.69) is 4.98 Å². The predicted octanol–water partition coefficient (Wildman–Crippen LogP) is 2.32. The standard InChI is InChI=1S/C13H14N2O3S/c1-16-7-4-6-5-8-10(15-13(14)19-8)9(6)12(18-3)11(7)17-2/h4H,5H2,1-3H3,(H2,14,15). The highest BCUT2D eigenvalue weighted by Gasteiger charge is 2.30. The number of ether oxygens (including phenoxy) is 3. The number of nitrogens with zero attached hydrogens (tertiary/aromatic N) is 1. The molecular formula is C13H14N2O3S. The summed E-state index contributed by atoms with van der Waals surface area (Å²) in [5, 5.41) is 0.576. The van der Waals surface area contributed by atoms with Gasteiger partial charge in [0.05, 0.1) is 32.6 Å². The lowest BCUT2D eigenvalue weighted by Crippen LogP contribution is -1.98. The number of thiazole rings is 1. The van der Waals surface area contributed by atoms with Crippen LogP contribution in [0.25, 0.3) is 11.3 Å². The van der Waals surface area contributed by atoms with E-state index in [-0.39, 0.29) is 0 Å². The third-order valence-electron chi connectivity index (χ3n) is 3.21. The monoisotopic (exact) mass is 278 g/mol. The normalized spacial score (nSPS) is 11.9. The molecule has 2 N–H and O–H groups in total. The first-order valence-corrected chi connectivity index (χ1v) is 6.58. The van der Waals surface area contributed by atoms with Gasteiger partial charge >= 0.3 is 0 Å². The van der Waals surface area contributed by atoms with E-state index in [0.717, 1.165) is 28.1 Å². The molecule has 5 nitrogen and oxygen atoms in total. The molecule has 0 amide bonds. The minimum absolute atomic E-state index is 0.576. The van der Waals surface area contributed by atoms with E-state index in [9.17, 15) is 0 Å². The Morgan fingerprint density at radius 2 is 1.89 bits per heavy atom. The Hall–Kier alpha value is -1.95. The third-order valence-corrected chi connectivity index (χ3v) is 4.10. The molecule has 0 atom stereocenters. The number of rotatable bonds is 3. The molecule has 0 aliphatic heterocycles. The first kappa shape index (κ1) is 12.1. The molecule has 6 heteroatoms. The largest absolute Gasteiger partial charge is 0.493 e. The van der Waals surface area contributed by atoms with Gasteiger partial charge in [0.25, 0.3) is 0 Å². The van der Waals surface area contributed by atoms with Gasteiger partial charge in [0.15, 0.2) is 16.6 Å². The van der Waals surface area contributed by atoms with Crippen LogP contribution in [0.2, 0.25) is 0 Å². The molecule has 1 aliphatic carbocycles. The van der Waals surface area contributed by atoms with Crippen LogP contribution in [0, 0.1) is 0 Å². The van der Waals surface area contributed by atoms with Crippen LogP contribution >= 0.6 is 11.3 Å². The van der Waals surface area contributed by atoms with Crippen molar-refractivity contribution in [1.82, 2.24) is 4.98 Å². The molecule has 1 aliphatic rings. The zero-order valence-corrected chi connectivity index (χ0v) is 11.8. The van der Waals surface area contributed by atoms with E-state index >= 15 is 0 Å². The van der Waals surface area contributed by atoms with Gasteiger partial charge in [-0.25, -0.2) is 4.98 Å². The lowest BCUT2D eigenvalue weighted by Gasteiger charge is -2.15. The highest BCUT2D eigenvalue weighted by molar-refractivity contribution is 7.15. The predicted molar refractivity (Wildman–Crippen MR) is 74.4 cm³/mol. The second-order valence-electron chi connectivity index (χ2n) is 4.18. The van der Waals surface area contributed by atoms with Gasteiger partial charge in [0, 0.05) is 11.3 Å². The van der Waals surface area contributed by atoms with Crippen molar-refractivity contribution in [2.75, 3.05) is 27.1 Å². The Kier molecular flexibility index (Phi) is 2.74. The summed E-state index contributed by atoms with van der Waals surface area (Å²) in [6.45, 7) is 0. The van der Waals surface area contributed by atoms with Crippen LogP contribution in [-0.2, 0) is 6.42 Å². The van der Waals surface area contributed by atoms with E-state index < -0.39 is 0 Å². The van der Waals surface area contributed by atoms with Crippen molar-refractivity contribution in [3.05, 3.63) is 16.5 Å². The van der Waals surface area contributed by atoms with Gasteiger partial charge in [-0.1, -0.05) is 0 Å². The van der Waals surface area contributed by atoms with Crippen LogP contribution in [0.4, 0.5) is 5.13 Å². The Balaban J connectivity index is 2.30. The van der Waals surface area contributed by atoms with Crippen LogP contribution in [0.15, 0.2) is 6.07 Å². The van der Waals surface area contributed by atoms with Crippen LogP contribution in [0.5, 0.6) is 17.2 Å². The quantitative estimate of drug-likeness (QED) is 0.796. The summed E-state index contributed by atoms with van der Waals surface area (Å²) in [5.41, 5.74) is 8.76. The third kappa shape index (κ3) is 1.63. The molecular weight excluding hydrogens is 264 g/mol. The van der Waals surface area contributed by atoms with Gasteiger partial charge in [-0.05, 0) is 11.6 Å². The molecule has 100 valence electrons. The smallest absolute Gasteiger partial charge is 0.204 e. The minimum Gasteiger partial charge on any atom is -0.493 e. The van der Waals surface area contributed by atoms with Crippen LogP contribution < -0.4 is 19.9 Å². The summed E-state index contributed by atoms with van der Waals surface area (Å²) < 4.78 is 16.3. The van der Waals surface area contributed by atoms with Crippen LogP contribution in [0.1, 0.15) is 10.4 Å². The number of hydrogen-bond donors (Lipinski definition) is 1. The first-order chi connectivity index (χ1) is 9.19. The van der Waals surface area contributed by atoms with Crippen LogP contribution in [-0.4, -0.2) is 26.3 Å². The molecule has 2 aromatic rings. The number of nitrogen functional groups attached to an aromatic ring is 1. The fraction of sp³-hybridized carbons (Fsp3) is 0.308. The van der Waals surface area contributed by atoms with Gasteiger partial charge in [-0.15, -0.1) is 11.3 Å². The summed E-state index contributed by atoms with van der Waals surface area (Å²) in [4.78, 5) is 5.55. The van der Waals surface area contributed by atoms with E-state index in [4.69, 9.17) is 19.9 Å². The number of benzene rings is 1. The van der Waals surface area contributed by atoms with Gasteiger partial charge in [-0.2, -0.15) is 0 Å². The van der Waals surface area contributed by atoms with E-state index in [1.165, 1.54) is 11.3 Å². The van der Waals surface area contributed by atoms with E-state index in [1.807, 2.05) is 6.07 Å². The molecule has 19 heavy (non-hydrogen) atoms. The number of fused-ring (bicyclic) bond motifs is 3. The zero-order valence-electron chi connectivity index (χ0n) is 10.9. The van der Waals surface area contributed by atoms with Crippen molar-refractivity contribution in [3.8, 4) is 28.5 Å². The van der Waals surface area contributed by atoms with Gasteiger partial charge < -0.3 is 19.9 Å². The summed E-state index contributed by atoms with van der Waals surface area (Å²) in [6, 6.07) is 1.97. The van der Waals surface area contributed by atoms with Crippen molar-refractivity contribution in [1.29, 1.82) is 0 Å². The van der Waals surface area contributed by atoms with Crippen LogP contribution in [0.3, 0.4) is 0 Å². The van der Waals surface area contributed by atoms with Gasteiger partial charge in [0.2, 0.25) is 5.75 Å². The maximum absolute atomic E-state index is 5.77. The molecule has 0 saturated carbocycles. The second-order valence-corrected chi connectivity index (χ2v) is 5.30. The maximum atomic E-state index is 5.77. The Morgan fingerprint density at radius 3 is 2.53 bits per heavy atom. The fourth-order valence-corrected chi connectivity index (χ4v) is 3.33. The van der Waals surface area contributed by atoms with Crippen molar-refractivity contribution < 1.29 is 14.2 Å². The average Bonchev–Trinajstić information content (AvgIpc) is 2.91. The highest BCUT2D eigenvalue weighted by atomic mass is 32.1. The molecule has 0 fully saturated rings. The molecule has 0 radical (unpaired) electrons. The summed E-state index contributed by atoms with van der Waals surface area (Å²) in [7, 11) is 4.83. The zero-order chi connectivity index (χ0) is 13.6.